The van der Waals surface area contributed by atoms with Crippen LogP contribution in [0, 0.1) is 5.82 Å². The molecule has 1 aromatic carbocycles. The van der Waals surface area contributed by atoms with Gasteiger partial charge in [0.1, 0.15) is 5.82 Å². The fourth-order valence-corrected chi connectivity index (χ4v) is 1.16. The van der Waals surface area contributed by atoms with Gasteiger partial charge in [0, 0.05) is 13.0 Å². The lowest BCUT2D eigenvalue weighted by Crippen LogP contribution is -2.36. The average molecular weight is 183 g/mol. The van der Waals surface area contributed by atoms with Gasteiger partial charge < -0.3 is 10.8 Å². The molecule has 72 valence electrons. The van der Waals surface area contributed by atoms with Gasteiger partial charge in [0.05, 0.1) is 5.60 Å². The Morgan fingerprint density at radius 2 is 2.23 bits per heavy atom. The Morgan fingerprint density at radius 1 is 1.54 bits per heavy atom. The standard InChI is InChI=1S/C10H14FNO/c1-10(13,7-12)6-8-3-2-4-9(11)5-8/h2-5,13H,6-7,12H2,1H3. The van der Waals surface area contributed by atoms with Crippen LogP contribution in [0.3, 0.4) is 0 Å². The van der Waals surface area contributed by atoms with Crippen LogP contribution >= 0.6 is 0 Å². The van der Waals surface area contributed by atoms with Gasteiger partial charge in [-0.3, -0.25) is 0 Å². The highest BCUT2D eigenvalue weighted by Gasteiger charge is 2.18. The van der Waals surface area contributed by atoms with Gasteiger partial charge in [-0.15, -0.1) is 0 Å². The molecule has 3 heteroatoms. The molecule has 0 aliphatic heterocycles. The van der Waals surface area contributed by atoms with Crippen molar-refractivity contribution in [1.29, 1.82) is 0 Å². The van der Waals surface area contributed by atoms with E-state index < -0.39 is 5.60 Å². The Balaban J connectivity index is 2.74. The number of halogens is 1. The molecule has 0 radical (unpaired) electrons. The van der Waals surface area contributed by atoms with Gasteiger partial charge in [0.2, 0.25) is 0 Å². The minimum Gasteiger partial charge on any atom is -0.389 e. The van der Waals surface area contributed by atoms with Gasteiger partial charge >= 0.3 is 0 Å². The van der Waals surface area contributed by atoms with Crippen molar-refractivity contribution >= 4 is 0 Å². The van der Waals surface area contributed by atoms with E-state index in [9.17, 15) is 9.50 Å². The van der Waals surface area contributed by atoms with E-state index in [1.165, 1.54) is 12.1 Å². The van der Waals surface area contributed by atoms with Crippen molar-refractivity contribution in [2.75, 3.05) is 6.54 Å². The topological polar surface area (TPSA) is 46.2 Å². The van der Waals surface area contributed by atoms with Gasteiger partial charge in [0.15, 0.2) is 0 Å². The molecule has 0 heterocycles. The number of benzene rings is 1. The zero-order chi connectivity index (χ0) is 9.90. The molecule has 0 saturated carbocycles. The van der Waals surface area contributed by atoms with Gasteiger partial charge in [-0.1, -0.05) is 12.1 Å². The van der Waals surface area contributed by atoms with Crippen LogP contribution in [0.4, 0.5) is 4.39 Å². The summed E-state index contributed by atoms with van der Waals surface area (Å²) in [5.74, 6) is -0.287. The van der Waals surface area contributed by atoms with E-state index >= 15 is 0 Å². The first-order valence-corrected chi connectivity index (χ1v) is 4.20. The van der Waals surface area contributed by atoms with E-state index in [0.29, 0.717) is 6.42 Å². The van der Waals surface area contributed by atoms with Crippen molar-refractivity contribution in [3.63, 3.8) is 0 Å². The van der Waals surface area contributed by atoms with Crippen molar-refractivity contribution in [1.82, 2.24) is 0 Å². The molecular formula is C10H14FNO. The van der Waals surface area contributed by atoms with Crippen LogP contribution in [0.1, 0.15) is 12.5 Å². The molecule has 0 bridgehead atoms. The fraction of sp³-hybridized carbons (Fsp3) is 0.400. The van der Waals surface area contributed by atoms with Crippen molar-refractivity contribution in [2.24, 2.45) is 5.73 Å². The third-order valence-corrected chi connectivity index (χ3v) is 1.91. The molecular weight excluding hydrogens is 169 g/mol. The lowest BCUT2D eigenvalue weighted by atomic mass is 9.97. The van der Waals surface area contributed by atoms with E-state index in [1.54, 1.807) is 19.1 Å². The molecule has 0 spiro atoms. The molecule has 0 aromatic heterocycles. The summed E-state index contributed by atoms with van der Waals surface area (Å²) < 4.78 is 12.7. The highest BCUT2D eigenvalue weighted by atomic mass is 19.1. The van der Waals surface area contributed by atoms with Crippen LogP contribution < -0.4 is 5.73 Å². The zero-order valence-corrected chi connectivity index (χ0v) is 7.63. The van der Waals surface area contributed by atoms with E-state index in [2.05, 4.69) is 0 Å². The zero-order valence-electron chi connectivity index (χ0n) is 7.63. The number of hydrogen-bond acceptors (Lipinski definition) is 2. The maximum absolute atomic E-state index is 12.7. The summed E-state index contributed by atoms with van der Waals surface area (Å²) in [7, 11) is 0. The van der Waals surface area contributed by atoms with Crippen LogP contribution in [0.5, 0.6) is 0 Å². The average Bonchev–Trinajstić information content (AvgIpc) is 2.03. The second-order valence-electron chi connectivity index (χ2n) is 3.51. The number of nitrogens with two attached hydrogens (primary N) is 1. The fourth-order valence-electron chi connectivity index (χ4n) is 1.16. The second kappa shape index (κ2) is 3.85. The molecule has 0 saturated heterocycles. The maximum Gasteiger partial charge on any atom is 0.123 e. The molecule has 0 aliphatic carbocycles. The van der Waals surface area contributed by atoms with Crippen LogP contribution in [-0.2, 0) is 6.42 Å². The second-order valence-corrected chi connectivity index (χ2v) is 3.51. The Bertz CT molecular complexity index is 286. The minimum atomic E-state index is -0.951. The lowest BCUT2D eigenvalue weighted by Gasteiger charge is -2.20. The molecule has 1 rings (SSSR count). The quantitative estimate of drug-likeness (QED) is 0.736. The summed E-state index contributed by atoms with van der Waals surface area (Å²) in [4.78, 5) is 0. The van der Waals surface area contributed by atoms with E-state index in [1.807, 2.05) is 0 Å². The molecule has 0 amide bonds. The summed E-state index contributed by atoms with van der Waals surface area (Å²) in [6.45, 7) is 1.81. The van der Waals surface area contributed by atoms with Crippen LogP contribution in [-0.4, -0.2) is 17.3 Å². The SMILES string of the molecule is CC(O)(CN)Cc1cccc(F)c1. The Hall–Kier alpha value is -0.930. The first-order valence-electron chi connectivity index (χ1n) is 4.20. The van der Waals surface area contributed by atoms with Crippen molar-refractivity contribution in [3.8, 4) is 0 Å². The minimum absolute atomic E-state index is 0.170. The Labute approximate surface area is 77.2 Å². The van der Waals surface area contributed by atoms with Crippen LogP contribution in [0.15, 0.2) is 24.3 Å². The highest BCUT2D eigenvalue weighted by Crippen LogP contribution is 2.12. The third-order valence-electron chi connectivity index (χ3n) is 1.91. The first-order chi connectivity index (χ1) is 6.03. The maximum atomic E-state index is 12.7. The molecule has 0 aliphatic rings. The smallest absolute Gasteiger partial charge is 0.123 e. The molecule has 1 unspecified atom stereocenters. The largest absolute Gasteiger partial charge is 0.389 e. The summed E-state index contributed by atoms with van der Waals surface area (Å²) in [6, 6.07) is 6.18. The molecule has 1 aromatic rings. The highest BCUT2D eigenvalue weighted by molar-refractivity contribution is 5.18. The summed E-state index contributed by atoms with van der Waals surface area (Å²) in [5.41, 5.74) is 5.16. The molecule has 1 atom stereocenters. The van der Waals surface area contributed by atoms with E-state index in [4.69, 9.17) is 5.73 Å². The Kier molecular flexibility index (Phi) is 3.01. The normalized spacial score (nSPS) is 15.4. The van der Waals surface area contributed by atoms with Gasteiger partial charge in [-0.25, -0.2) is 4.39 Å². The molecule has 0 fully saturated rings. The van der Waals surface area contributed by atoms with Crippen molar-refractivity contribution in [3.05, 3.63) is 35.6 Å². The first kappa shape index (κ1) is 10.2. The number of rotatable bonds is 3. The molecule has 2 nitrogen and oxygen atoms in total. The Morgan fingerprint density at radius 3 is 2.77 bits per heavy atom. The van der Waals surface area contributed by atoms with Gasteiger partial charge in [-0.2, -0.15) is 0 Å². The monoisotopic (exact) mass is 183 g/mol. The summed E-state index contributed by atoms with van der Waals surface area (Å²) in [5, 5.41) is 9.62. The lowest BCUT2D eigenvalue weighted by molar-refractivity contribution is 0.0696. The number of hydrogen-bond donors (Lipinski definition) is 2. The van der Waals surface area contributed by atoms with Gasteiger partial charge in [-0.05, 0) is 24.6 Å². The number of aliphatic hydroxyl groups is 1. The predicted molar refractivity (Wildman–Crippen MR) is 49.8 cm³/mol. The molecule has 13 heavy (non-hydrogen) atoms. The van der Waals surface area contributed by atoms with Crippen LogP contribution in [0.25, 0.3) is 0 Å². The van der Waals surface area contributed by atoms with Gasteiger partial charge in [0.25, 0.3) is 0 Å². The van der Waals surface area contributed by atoms with Crippen LogP contribution in [0.2, 0.25) is 0 Å². The third kappa shape index (κ3) is 3.13. The summed E-state index contributed by atoms with van der Waals surface area (Å²) in [6.07, 6.45) is 0.376. The summed E-state index contributed by atoms with van der Waals surface area (Å²) >= 11 is 0. The predicted octanol–water partition coefficient (Wildman–Crippen LogP) is 1.08. The van der Waals surface area contributed by atoms with Crippen molar-refractivity contribution in [2.45, 2.75) is 18.9 Å². The molecule has 3 N–H and O–H groups in total. The van der Waals surface area contributed by atoms with Crippen molar-refractivity contribution < 1.29 is 9.50 Å². The van der Waals surface area contributed by atoms with E-state index in [-0.39, 0.29) is 12.4 Å². The van der Waals surface area contributed by atoms with E-state index in [0.717, 1.165) is 5.56 Å².